The van der Waals surface area contributed by atoms with Crippen LogP contribution in [0.5, 0.6) is 6.01 Å². The van der Waals surface area contributed by atoms with Crippen molar-refractivity contribution in [1.29, 1.82) is 0 Å². The normalized spacial score (nSPS) is 16.5. The minimum Gasteiger partial charge on any atom is -0.481 e. The highest BCUT2D eigenvalue weighted by atomic mass is 32.2. The number of ether oxygens (including phenoxy) is 2. The molecule has 1 aliphatic heterocycles. The zero-order valence-corrected chi connectivity index (χ0v) is 22.1. The zero-order valence-electron chi connectivity index (χ0n) is 21.3. The Labute approximate surface area is 213 Å². The molecule has 36 heavy (non-hydrogen) atoms. The molecule has 0 aliphatic carbocycles. The number of hydrogen-bond donors (Lipinski definition) is 2. The van der Waals surface area contributed by atoms with Gasteiger partial charge in [0.1, 0.15) is 9.84 Å². The minimum absolute atomic E-state index is 0.0206. The van der Waals surface area contributed by atoms with Gasteiger partial charge in [0, 0.05) is 18.5 Å². The Morgan fingerprint density at radius 1 is 1.22 bits per heavy atom. The maximum absolute atomic E-state index is 12.0. The molecular formula is C25H36N4O6S. The Hall–Kier alpha value is -2.92. The van der Waals surface area contributed by atoms with Crippen molar-refractivity contribution < 1.29 is 27.8 Å². The van der Waals surface area contributed by atoms with Crippen molar-refractivity contribution in [1.82, 2.24) is 9.97 Å². The molecule has 1 aromatic carbocycles. The summed E-state index contributed by atoms with van der Waals surface area (Å²) in [6.45, 7) is 6.85. The molecule has 0 bridgehead atoms. The third kappa shape index (κ3) is 7.54. The van der Waals surface area contributed by atoms with Crippen LogP contribution in [0.15, 0.2) is 30.6 Å². The van der Waals surface area contributed by atoms with Crippen LogP contribution in [0.25, 0.3) is 0 Å². The molecule has 0 unspecified atom stereocenters. The smallest absolute Gasteiger partial charge is 0.316 e. The summed E-state index contributed by atoms with van der Waals surface area (Å²) in [5, 5.41) is 12.9. The van der Waals surface area contributed by atoms with Crippen LogP contribution in [0.1, 0.15) is 51.5 Å². The number of carboxylic acid groups (broad SMARTS) is 1. The fourth-order valence-electron chi connectivity index (χ4n) is 4.41. The van der Waals surface area contributed by atoms with Crippen LogP contribution >= 0.6 is 0 Å². The third-order valence-electron chi connectivity index (χ3n) is 6.25. The number of carboxylic acids is 1. The van der Waals surface area contributed by atoms with Gasteiger partial charge in [0.05, 0.1) is 67.2 Å². The van der Waals surface area contributed by atoms with E-state index in [0.717, 1.165) is 16.9 Å². The van der Waals surface area contributed by atoms with E-state index in [1.54, 1.807) is 12.4 Å². The van der Waals surface area contributed by atoms with Crippen molar-refractivity contribution in [2.24, 2.45) is 0 Å². The van der Waals surface area contributed by atoms with Crippen molar-refractivity contribution >= 4 is 32.9 Å². The molecule has 198 valence electrons. The predicted molar refractivity (Wildman–Crippen MR) is 139 cm³/mol. The van der Waals surface area contributed by atoms with E-state index >= 15 is 0 Å². The summed E-state index contributed by atoms with van der Waals surface area (Å²) >= 11 is 0. The summed E-state index contributed by atoms with van der Waals surface area (Å²) in [4.78, 5) is 22.1. The molecule has 1 aliphatic rings. The Morgan fingerprint density at radius 2 is 1.89 bits per heavy atom. The first-order chi connectivity index (χ1) is 17.1. The predicted octanol–water partition coefficient (Wildman–Crippen LogP) is 3.62. The second-order valence-corrected chi connectivity index (χ2v) is 11.5. The van der Waals surface area contributed by atoms with Crippen LogP contribution in [-0.4, -0.2) is 73.4 Å². The average molecular weight is 521 g/mol. The van der Waals surface area contributed by atoms with Gasteiger partial charge in [-0.3, -0.25) is 4.79 Å². The lowest BCUT2D eigenvalue weighted by atomic mass is 9.95. The van der Waals surface area contributed by atoms with Gasteiger partial charge < -0.3 is 24.8 Å². The van der Waals surface area contributed by atoms with Crippen molar-refractivity contribution in [2.45, 2.75) is 58.1 Å². The molecular weight excluding hydrogens is 484 g/mol. The van der Waals surface area contributed by atoms with Crippen LogP contribution in [-0.2, 0) is 19.4 Å². The number of benzene rings is 1. The molecule has 1 saturated heterocycles. The van der Waals surface area contributed by atoms with Crippen LogP contribution < -0.4 is 15.0 Å². The standard InChI is InChI=1S/C25H36N4O6S/c1-5-29(21-8-10-36(32,33)11-9-21)23-7-6-18(19(13-24(30)31)16-35-17(2)3)12-22(23)28-20-14-26-25(34-4)27-15-20/h6-7,12,14-15,17,19,21,28H,5,8-11,13,16H2,1-4H3,(H,30,31)/t19-/m0/s1. The molecule has 1 fully saturated rings. The number of nitrogens with zero attached hydrogens (tertiary/aromatic N) is 3. The summed E-state index contributed by atoms with van der Waals surface area (Å²) in [6.07, 6.45) is 4.27. The molecule has 0 amide bonds. The summed E-state index contributed by atoms with van der Waals surface area (Å²) in [6, 6.07) is 6.18. The number of hydrogen-bond acceptors (Lipinski definition) is 9. The largest absolute Gasteiger partial charge is 0.481 e. The molecule has 0 spiro atoms. The van der Waals surface area contributed by atoms with Crippen LogP contribution in [0.4, 0.5) is 17.1 Å². The van der Waals surface area contributed by atoms with Crippen molar-refractivity contribution in [3.05, 3.63) is 36.2 Å². The van der Waals surface area contributed by atoms with E-state index in [0.29, 0.717) is 25.1 Å². The molecule has 0 radical (unpaired) electrons. The van der Waals surface area contributed by atoms with Gasteiger partial charge in [-0.2, -0.15) is 0 Å². The fourth-order valence-corrected chi connectivity index (χ4v) is 5.87. The molecule has 0 saturated carbocycles. The van der Waals surface area contributed by atoms with E-state index < -0.39 is 15.8 Å². The lowest BCUT2D eigenvalue weighted by Gasteiger charge is -2.36. The average Bonchev–Trinajstić information content (AvgIpc) is 2.84. The number of sulfone groups is 1. The van der Waals surface area contributed by atoms with Crippen molar-refractivity contribution in [3.63, 3.8) is 0 Å². The number of nitrogens with one attached hydrogen (secondary N) is 1. The molecule has 3 rings (SSSR count). The lowest BCUT2D eigenvalue weighted by molar-refractivity contribution is -0.138. The van der Waals surface area contributed by atoms with Gasteiger partial charge >= 0.3 is 12.0 Å². The SMILES string of the molecule is CCN(c1ccc([C@H](COC(C)C)CC(=O)O)cc1Nc1cnc(OC)nc1)C1CCS(=O)(=O)CC1. The third-order valence-corrected chi connectivity index (χ3v) is 7.96. The van der Waals surface area contributed by atoms with E-state index in [1.165, 1.54) is 7.11 Å². The monoisotopic (exact) mass is 520 g/mol. The second kappa shape index (κ2) is 12.4. The van der Waals surface area contributed by atoms with Gasteiger partial charge in [-0.1, -0.05) is 6.07 Å². The van der Waals surface area contributed by atoms with Gasteiger partial charge in [0.25, 0.3) is 0 Å². The molecule has 2 heterocycles. The van der Waals surface area contributed by atoms with E-state index in [9.17, 15) is 18.3 Å². The Balaban J connectivity index is 1.99. The van der Waals surface area contributed by atoms with E-state index in [1.807, 2.05) is 39.0 Å². The summed E-state index contributed by atoms with van der Waals surface area (Å²) < 4.78 is 34.8. The number of aromatic nitrogens is 2. The number of anilines is 3. The Bertz CT molecular complexity index is 1110. The molecule has 11 heteroatoms. The quantitative estimate of drug-likeness (QED) is 0.428. The fraction of sp³-hybridized carbons (Fsp3) is 0.560. The second-order valence-electron chi connectivity index (χ2n) is 9.21. The summed E-state index contributed by atoms with van der Waals surface area (Å²) in [5.41, 5.74) is 3.14. The number of aliphatic carboxylic acids is 1. The van der Waals surface area contributed by atoms with Crippen molar-refractivity contribution in [3.8, 4) is 6.01 Å². The van der Waals surface area contributed by atoms with Gasteiger partial charge in [-0.05, 0) is 51.3 Å². The van der Waals surface area contributed by atoms with E-state index in [-0.39, 0.29) is 48.6 Å². The van der Waals surface area contributed by atoms with Crippen LogP contribution in [0.3, 0.4) is 0 Å². The molecule has 2 N–H and O–H groups in total. The molecule has 2 aromatic rings. The van der Waals surface area contributed by atoms with E-state index in [2.05, 4.69) is 20.2 Å². The first kappa shape index (κ1) is 27.7. The Kier molecular flexibility index (Phi) is 9.49. The number of methoxy groups -OCH3 is 1. The first-order valence-electron chi connectivity index (χ1n) is 12.2. The minimum atomic E-state index is -2.99. The highest BCUT2D eigenvalue weighted by Crippen LogP contribution is 2.36. The molecule has 10 nitrogen and oxygen atoms in total. The topological polar surface area (TPSA) is 131 Å². The Morgan fingerprint density at radius 3 is 2.44 bits per heavy atom. The number of carbonyl (C=O) groups is 1. The van der Waals surface area contributed by atoms with E-state index in [4.69, 9.17) is 9.47 Å². The first-order valence-corrected chi connectivity index (χ1v) is 14.0. The summed E-state index contributed by atoms with van der Waals surface area (Å²) in [7, 11) is -1.49. The molecule has 1 atom stereocenters. The molecule has 1 aromatic heterocycles. The lowest BCUT2D eigenvalue weighted by Crippen LogP contribution is -2.41. The van der Waals surface area contributed by atoms with Crippen molar-refractivity contribution in [2.75, 3.05) is 42.0 Å². The zero-order chi connectivity index (χ0) is 26.3. The maximum Gasteiger partial charge on any atom is 0.316 e. The van der Waals surface area contributed by atoms with Gasteiger partial charge in [-0.25, -0.2) is 18.4 Å². The highest BCUT2D eigenvalue weighted by Gasteiger charge is 2.29. The highest BCUT2D eigenvalue weighted by molar-refractivity contribution is 7.91. The number of rotatable bonds is 12. The van der Waals surface area contributed by atoms with Gasteiger partial charge in [0.15, 0.2) is 0 Å². The van der Waals surface area contributed by atoms with Gasteiger partial charge in [0.2, 0.25) is 0 Å². The van der Waals surface area contributed by atoms with Gasteiger partial charge in [-0.15, -0.1) is 0 Å². The maximum atomic E-state index is 12.0. The summed E-state index contributed by atoms with van der Waals surface area (Å²) in [5.74, 6) is -0.877. The van der Waals surface area contributed by atoms with Crippen LogP contribution in [0.2, 0.25) is 0 Å². The van der Waals surface area contributed by atoms with Crippen LogP contribution in [0, 0.1) is 0 Å².